The third-order valence-electron chi connectivity index (χ3n) is 3.27. The van der Waals surface area contributed by atoms with Gasteiger partial charge >= 0.3 is 0 Å². The second kappa shape index (κ2) is 5.73. The molecule has 0 saturated heterocycles. The van der Waals surface area contributed by atoms with Crippen molar-refractivity contribution in [2.45, 2.75) is 11.5 Å². The van der Waals surface area contributed by atoms with E-state index in [0.29, 0.717) is 11.5 Å². The molecule has 0 amide bonds. The molecule has 0 spiro atoms. The highest BCUT2D eigenvalue weighted by Gasteiger charge is 2.05. The second-order valence-corrected chi connectivity index (χ2v) is 7.14. The zero-order valence-corrected chi connectivity index (χ0v) is 12.8. The first kappa shape index (κ1) is 14.5. The van der Waals surface area contributed by atoms with Crippen molar-refractivity contribution in [3.63, 3.8) is 0 Å². The van der Waals surface area contributed by atoms with Gasteiger partial charge in [-0.3, -0.25) is 9.97 Å². The van der Waals surface area contributed by atoms with Gasteiger partial charge in [0.25, 0.3) is 0 Å². The topological polar surface area (TPSA) is 75.9 Å². The van der Waals surface area contributed by atoms with Crippen LogP contribution in [0.1, 0.15) is 5.56 Å². The molecule has 22 heavy (non-hydrogen) atoms. The van der Waals surface area contributed by atoms with Crippen LogP contribution in [0.3, 0.4) is 0 Å². The van der Waals surface area contributed by atoms with Crippen LogP contribution in [-0.4, -0.2) is 20.4 Å². The van der Waals surface area contributed by atoms with Gasteiger partial charge in [0.2, 0.25) is 0 Å². The van der Waals surface area contributed by atoms with Crippen LogP contribution < -0.4 is 4.74 Å². The Morgan fingerprint density at radius 3 is 2.64 bits per heavy atom. The number of aromatic nitrogens is 2. The summed E-state index contributed by atoms with van der Waals surface area (Å²) in [5.74, 6) is 0.747. The highest BCUT2D eigenvalue weighted by Crippen LogP contribution is 2.23. The van der Waals surface area contributed by atoms with Crippen molar-refractivity contribution in [1.29, 1.82) is 4.78 Å². The number of ether oxygens (including phenoxy) is 1. The lowest BCUT2D eigenvalue weighted by molar-refractivity contribution is 0.309. The van der Waals surface area contributed by atoms with Crippen LogP contribution in [0.25, 0.3) is 10.9 Å². The van der Waals surface area contributed by atoms with E-state index in [1.807, 2.05) is 24.3 Å². The maximum Gasteiger partial charge on any atom is 0.130 e. The molecule has 3 aromatic rings. The van der Waals surface area contributed by atoms with E-state index in [1.54, 1.807) is 30.7 Å². The predicted octanol–water partition coefficient (Wildman–Crippen LogP) is 3.24. The van der Waals surface area contributed by atoms with Crippen molar-refractivity contribution in [3.05, 3.63) is 60.6 Å². The number of nitrogens with one attached hydrogen (secondary N) is 1. The predicted molar refractivity (Wildman–Crippen MR) is 85.4 cm³/mol. The minimum atomic E-state index is -2.67. The zero-order valence-electron chi connectivity index (χ0n) is 12.0. The molecule has 0 fully saturated rings. The molecule has 0 saturated carbocycles. The summed E-state index contributed by atoms with van der Waals surface area (Å²) in [6.07, 6.45) is 6.51. The maximum atomic E-state index is 11.6. The van der Waals surface area contributed by atoms with Crippen LogP contribution in [-0.2, 0) is 16.3 Å². The standard InChI is InChI=1S/C16H15N3O2S/c1-22(17,20)13-4-2-12(3-5-13)11-21-16-7-9-19-15-10-18-8-6-14(15)16/h2-10,17H,11H2,1H3. The Morgan fingerprint density at radius 1 is 1.14 bits per heavy atom. The molecule has 6 heteroatoms. The molecule has 0 aliphatic rings. The van der Waals surface area contributed by atoms with Crippen LogP contribution in [0, 0.1) is 4.78 Å². The quantitative estimate of drug-likeness (QED) is 0.802. The van der Waals surface area contributed by atoms with Crippen LogP contribution in [0.5, 0.6) is 5.75 Å². The van der Waals surface area contributed by atoms with Gasteiger partial charge in [0.05, 0.1) is 21.4 Å². The number of fused-ring (bicyclic) bond motifs is 1. The molecule has 0 aliphatic carbocycles. The number of hydrogen-bond donors (Lipinski definition) is 1. The largest absolute Gasteiger partial charge is 0.488 e. The van der Waals surface area contributed by atoms with E-state index in [-0.39, 0.29) is 0 Å². The van der Waals surface area contributed by atoms with Gasteiger partial charge in [-0.25, -0.2) is 8.99 Å². The summed E-state index contributed by atoms with van der Waals surface area (Å²) in [5, 5.41) is 0.914. The fourth-order valence-electron chi connectivity index (χ4n) is 2.10. The Labute approximate surface area is 129 Å². The Bertz CT molecular complexity index is 901. The molecule has 1 aromatic carbocycles. The number of rotatable bonds is 4. The molecular weight excluding hydrogens is 298 g/mol. The van der Waals surface area contributed by atoms with Gasteiger partial charge in [0.15, 0.2) is 0 Å². The summed E-state index contributed by atoms with van der Waals surface area (Å²) in [5.41, 5.74) is 1.74. The van der Waals surface area contributed by atoms with Crippen LogP contribution in [0.15, 0.2) is 59.9 Å². The Morgan fingerprint density at radius 2 is 1.91 bits per heavy atom. The highest BCUT2D eigenvalue weighted by atomic mass is 32.2. The molecular formula is C16H15N3O2S. The van der Waals surface area contributed by atoms with Gasteiger partial charge in [-0.1, -0.05) is 12.1 Å². The van der Waals surface area contributed by atoms with Crippen LogP contribution in [0.4, 0.5) is 0 Å². The fraction of sp³-hybridized carbons (Fsp3) is 0.125. The molecule has 112 valence electrons. The lowest BCUT2D eigenvalue weighted by Crippen LogP contribution is -1.99. The number of pyridine rings is 2. The van der Waals surface area contributed by atoms with Crippen molar-refractivity contribution in [3.8, 4) is 5.75 Å². The molecule has 2 aromatic heterocycles. The number of hydrogen-bond acceptors (Lipinski definition) is 5. The number of benzene rings is 1. The van der Waals surface area contributed by atoms with Crippen molar-refractivity contribution < 1.29 is 8.95 Å². The summed E-state index contributed by atoms with van der Waals surface area (Å²) < 4.78 is 25.0. The van der Waals surface area contributed by atoms with Gasteiger partial charge in [-0.15, -0.1) is 0 Å². The number of nitrogens with zero attached hydrogens (tertiary/aromatic N) is 2. The van der Waals surface area contributed by atoms with Gasteiger partial charge in [-0.2, -0.15) is 0 Å². The lowest BCUT2D eigenvalue weighted by atomic mass is 10.2. The molecule has 3 rings (SSSR count). The maximum absolute atomic E-state index is 11.6. The molecule has 2 heterocycles. The summed E-state index contributed by atoms with van der Waals surface area (Å²) in [7, 11) is -2.67. The van der Waals surface area contributed by atoms with Crippen LogP contribution >= 0.6 is 0 Å². The third-order valence-corrected chi connectivity index (χ3v) is 4.44. The van der Waals surface area contributed by atoms with E-state index in [9.17, 15) is 4.21 Å². The minimum absolute atomic E-state index is 0.393. The van der Waals surface area contributed by atoms with E-state index in [0.717, 1.165) is 22.2 Å². The highest BCUT2D eigenvalue weighted by molar-refractivity contribution is 7.91. The first-order valence-corrected chi connectivity index (χ1v) is 8.65. The summed E-state index contributed by atoms with van der Waals surface area (Å²) in [6, 6.07) is 10.8. The van der Waals surface area contributed by atoms with Crippen molar-refractivity contribution in [1.82, 2.24) is 9.97 Å². The molecule has 1 N–H and O–H groups in total. The monoisotopic (exact) mass is 313 g/mol. The molecule has 0 radical (unpaired) electrons. The summed E-state index contributed by atoms with van der Waals surface area (Å²) >= 11 is 0. The van der Waals surface area contributed by atoms with Gasteiger partial charge in [0, 0.05) is 28.9 Å². The average Bonchev–Trinajstić information content (AvgIpc) is 2.52. The van der Waals surface area contributed by atoms with E-state index in [1.165, 1.54) is 6.26 Å². The van der Waals surface area contributed by atoms with Gasteiger partial charge in [-0.05, 0) is 29.8 Å². The van der Waals surface area contributed by atoms with E-state index in [4.69, 9.17) is 9.52 Å². The summed E-state index contributed by atoms with van der Waals surface area (Å²) in [6.45, 7) is 0.393. The Kier molecular flexibility index (Phi) is 3.77. The SMILES string of the molecule is CS(=N)(=O)c1ccc(COc2ccnc3cnccc23)cc1. The molecule has 0 aliphatic heterocycles. The first-order valence-electron chi connectivity index (χ1n) is 6.68. The fourth-order valence-corrected chi connectivity index (χ4v) is 2.76. The zero-order chi connectivity index (χ0) is 15.6. The van der Waals surface area contributed by atoms with Crippen molar-refractivity contribution >= 4 is 20.6 Å². The molecule has 1 atom stereocenters. The molecule has 5 nitrogen and oxygen atoms in total. The smallest absolute Gasteiger partial charge is 0.130 e. The first-order chi connectivity index (χ1) is 10.5. The van der Waals surface area contributed by atoms with E-state index < -0.39 is 9.73 Å². The van der Waals surface area contributed by atoms with E-state index >= 15 is 0 Å². The second-order valence-electron chi connectivity index (χ2n) is 4.98. The average molecular weight is 313 g/mol. The summed E-state index contributed by atoms with van der Waals surface area (Å²) in [4.78, 5) is 8.81. The molecule has 0 bridgehead atoms. The Hall–Kier alpha value is -2.47. The van der Waals surface area contributed by atoms with Crippen molar-refractivity contribution in [2.75, 3.05) is 6.26 Å². The molecule has 1 unspecified atom stereocenters. The normalized spacial score (nSPS) is 13.7. The van der Waals surface area contributed by atoms with Gasteiger partial charge in [0.1, 0.15) is 12.4 Å². The van der Waals surface area contributed by atoms with E-state index in [2.05, 4.69) is 9.97 Å². The van der Waals surface area contributed by atoms with Crippen LogP contribution in [0.2, 0.25) is 0 Å². The Balaban J connectivity index is 1.80. The minimum Gasteiger partial charge on any atom is -0.488 e. The third kappa shape index (κ3) is 3.07. The van der Waals surface area contributed by atoms with Gasteiger partial charge < -0.3 is 4.74 Å². The lowest BCUT2D eigenvalue weighted by Gasteiger charge is -2.09. The van der Waals surface area contributed by atoms with Crippen molar-refractivity contribution in [2.24, 2.45) is 0 Å².